The third-order valence-electron chi connectivity index (χ3n) is 3.99. The normalized spacial score (nSPS) is 42.8. The van der Waals surface area contributed by atoms with Gasteiger partial charge in [0, 0.05) is 0 Å². The maximum absolute atomic E-state index is 6.07. The van der Waals surface area contributed by atoms with Gasteiger partial charge >= 0.3 is 0 Å². The lowest BCUT2D eigenvalue weighted by molar-refractivity contribution is 0.533. The van der Waals surface area contributed by atoms with E-state index in [0.29, 0.717) is 5.92 Å². The molecule has 0 aliphatic heterocycles. The molecule has 70 valence electrons. The van der Waals surface area contributed by atoms with E-state index in [9.17, 15) is 0 Å². The number of hydrogen-bond donors (Lipinski definition) is 0. The SMILES string of the molecule is CC1C(C)(C)C12C(Cl)(Cl)C2(Cl)Cl. The van der Waals surface area contributed by atoms with Crippen molar-refractivity contribution in [1.82, 2.24) is 0 Å². The van der Waals surface area contributed by atoms with Gasteiger partial charge in [-0.3, -0.25) is 0 Å². The standard InChI is InChI=1S/C8H10Cl4/c1-4-5(2,3)6(4)7(9,10)8(6,11)12/h4H,1-3H3. The van der Waals surface area contributed by atoms with E-state index in [1.807, 2.05) is 0 Å². The second-order valence-corrected chi connectivity index (χ2v) is 7.05. The van der Waals surface area contributed by atoms with E-state index in [1.54, 1.807) is 0 Å². The molecule has 0 aromatic heterocycles. The Hall–Kier alpha value is 1.16. The molecule has 2 fully saturated rings. The lowest BCUT2D eigenvalue weighted by Gasteiger charge is -1.99. The predicted molar refractivity (Wildman–Crippen MR) is 54.3 cm³/mol. The van der Waals surface area contributed by atoms with E-state index >= 15 is 0 Å². The monoisotopic (exact) mass is 246 g/mol. The molecular formula is C8H10Cl4. The van der Waals surface area contributed by atoms with E-state index in [1.165, 1.54) is 0 Å². The first-order chi connectivity index (χ1) is 5.15. The topological polar surface area (TPSA) is 0 Å². The van der Waals surface area contributed by atoms with Gasteiger partial charge in [0.2, 0.25) is 0 Å². The van der Waals surface area contributed by atoms with Crippen LogP contribution in [-0.4, -0.2) is 8.67 Å². The van der Waals surface area contributed by atoms with Crippen LogP contribution in [0.2, 0.25) is 0 Å². The maximum Gasteiger partial charge on any atom is 0.161 e. The summed E-state index contributed by atoms with van der Waals surface area (Å²) >= 11 is 24.3. The Kier molecular flexibility index (Phi) is 1.54. The summed E-state index contributed by atoms with van der Waals surface area (Å²) in [5, 5.41) is 0. The molecule has 2 rings (SSSR count). The third-order valence-corrected chi connectivity index (χ3v) is 6.70. The molecule has 1 unspecified atom stereocenters. The smallest absolute Gasteiger partial charge is 0.0975 e. The highest BCUT2D eigenvalue weighted by Gasteiger charge is 3.02. The van der Waals surface area contributed by atoms with Crippen molar-refractivity contribution in [3.63, 3.8) is 0 Å². The largest absolute Gasteiger partial charge is 0.161 e. The summed E-state index contributed by atoms with van der Waals surface area (Å²) in [5.41, 5.74) is -0.237. The summed E-state index contributed by atoms with van der Waals surface area (Å²) < 4.78 is -1.93. The fraction of sp³-hybridized carbons (Fsp3) is 1.00. The molecule has 1 atom stereocenters. The van der Waals surface area contributed by atoms with Crippen LogP contribution in [0.25, 0.3) is 0 Å². The van der Waals surface area contributed by atoms with Crippen LogP contribution in [0.5, 0.6) is 0 Å². The maximum atomic E-state index is 6.07. The van der Waals surface area contributed by atoms with Gasteiger partial charge in [0.1, 0.15) is 0 Å². The molecule has 0 bridgehead atoms. The van der Waals surface area contributed by atoms with Crippen molar-refractivity contribution in [3.05, 3.63) is 0 Å². The summed E-state index contributed by atoms with van der Waals surface area (Å²) in [6, 6.07) is 0. The first-order valence-electron chi connectivity index (χ1n) is 3.91. The summed E-state index contributed by atoms with van der Waals surface area (Å²) in [4.78, 5) is 0. The van der Waals surface area contributed by atoms with E-state index in [0.717, 1.165) is 0 Å². The molecule has 12 heavy (non-hydrogen) atoms. The summed E-state index contributed by atoms with van der Waals surface area (Å²) in [6.45, 7) is 6.29. The fourth-order valence-corrected chi connectivity index (χ4v) is 5.61. The highest BCUT2D eigenvalue weighted by molar-refractivity contribution is 6.69. The van der Waals surface area contributed by atoms with E-state index in [2.05, 4.69) is 20.8 Å². The zero-order valence-corrected chi connectivity index (χ0v) is 10.1. The van der Waals surface area contributed by atoms with Crippen LogP contribution in [0.15, 0.2) is 0 Å². The van der Waals surface area contributed by atoms with Crippen LogP contribution in [0.4, 0.5) is 0 Å². The summed E-state index contributed by atoms with van der Waals surface area (Å²) in [6.07, 6.45) is 0. The van der Waals surface area contributed by atoms with Gasteiger partial charge in [-0.15, -0.1) is 0 Å². The predicted octanol–water partition coefficient (Wildman–Crippen LogP) is 4.01. The molecule has 0 amide bonds. The van der Waals surface area contributed by atoms with Crippen molar-refractivity contribution >= 4 is 46.4 Å². The highest BCUT2D eigenvalue weighted by Crippen LogP contribution is 2.97. The molecule has 0 heterocycles. The Morgan fingerprint density at radius 2 is 1.17 bits per heavy atom. The first-order valence-corrected chi connectivity index (χ1v) is 5.42. The lowest BCUT2D eigenvalue weighted by Crippen LogP contribution is -1.97. The minimum Gasteiger partial charge on any atom is -0.0975 e. The van der Waals surface area contributed by atoms with Gasteiger partial charge in [-0.1, -0.05) is 67.2 Å². The quantitative estimate of drug-likeness (QED) is 0.568. The van der Waals surface area contributed by atoms with Gasteiger partial charge in [0.25, 0.3) is 0 Å². The Bertz CT molecular complexity index is 240. The Morgan fingerprint density at radius 3 is 1.17 bits per heavy atom. The molecule has 0 aromatic rings. The second-order valence-electron chi connectivity index (χ2n) is 4.40. The van der Waals surface area contributed by atoms with Crippen LogP contribution in [0.1, 0.15) is 20.8 Å². The molecule has 0 aromatic carbocycles. The van der Waals surface area contributed by atoms with Crippen LogP contribution in [-0.2, 0) is 0 Å². The van der Waals surface area contributed by atoms with Crippen LogP contribution >= 0.6 is 46.4 Å². The Morgan fingerprint density at radius 1 is 0.917 bits per heavy atom. The molecule has 0 radical (unpaired) electrons. The average Bonchev–Trinajstić information content (AvgIpc) is 2.41. The van der Waals surface area contributed by atoms with Crippen LogP contribution in [0, 0.1) is 16.7 Å². The zero-order chi connectivity index (χ0) is 9.58. The number of rotatable bonds is 0. The van der Waals surface area contributed by atoms with Gasteiger partial charge in [-0.25, -0.2) is 0 Å². The molecule has 1 spiro atoms. The minimum absolute atomic E-state index is 0.0556. The van der Waals surface area contributed by atoms with Crippen molar-refractivity contribution < 1.29 is 0 Å². The number of halogens is 4. The van der Waals surface area contributed by atoms with E-state index < -0.39 is 8.67 Å². The zero-order valence-electron chi connectivity index (χ0n) is 7.09. The molecule has 0 saturated heterocycles. The van der Waals surface area contributed by atoms with Gasteiger partial charge in [-0.05, 0) is 11.3 Å². The van der Waals surface area contributed by atoms with Crippen molar-refractivity contribution in [2.24, 2.45) is 16.7 Å². The number of hydrogen-bond acceptors (Lipinski definition) is 0. The summed E-state index contributed by atoms with van der Waals surface area (Å²) in [7, 11) is 0. The molecule has 2 aliphatic rings. The van der Waals surface area contributed by atoms with Gasteiger partial charge in [-0.2, -0.15) is 0 Å². The first kappa shape index (κ1) is 9.71. The molecular weight excluding hydrogens is 238 g/mol. The van der Waals surface area contributed by atoms with Crippen LogP contribution in [0.3, 0.4) is 0 Å². The van der Waals surface area contributed by atoms with E-state index in [-0.39, 0.29) is 10.8 Å². The minimum atomic E-state index is -0.966. The summed E-state index contributed by atoms with van der Waals surface area (Å²) in [5.74, 6) is 0.384. The Balaban J connectivity index is 2.44. The van der Waals surface area contributed by atoms with Gasteiger partial charge < -0.3 is 0 Å². The van der Waals surface area contributed by atoms with Crippen molar-refractivity contribution in [2.75, 3.05) is 0 Å². The average molecular weight is 248 g/mol. The molecule has 2 aliphatic carbocycles. The lowest BCUT2D eigenvalue weighted by atomic mass is 10.1. The van der Waals surface area contributed by atoms with E-state index in [4.69, 9.17) is 46.4 Å². The highest BCUT2D eigenvalue weighted by atomic mass is 35.5. The van der Waals surface area contributed by atoms with Crippen molar-refractivity contribution in [3.8, 4) is 0 Å². The van der Waals surface area contributed by atoms with Gasteiger partial charge in [0.15, 0.2) is 8.67 Å². The molecule has 0 N–H and O–H groups in total. The molecule has 4 heteroatoms. The number of alkyl halides is 4. The molecule has 2 saturated carbocycles. The second kappa shape index (κ2) is 1.91. The van der Waals surface area contributed by atoms with Crippen LogP contribution < -0.4 is 0 Å². The molecule has 0 nitrogen and oxygen atoms in total. The fourth-order valence-electron chi connectivity index (χ4n) is 2.81. The third kappa shape index (κ3) is 0.565. The Labute approximate surface area is 92.5 Å². The van der Waals surface area contributed by atoms with Crippen molar-refractivity contribution in [1.29, 1.82) is 0 Å². The van der Waals surface area contributed by atoms with Gasteiger partial charge in [0.05, 0.1) is 5.41 Å². The van der Waals surface area contributed by atoms with Crippen molar-refractivity contribution in [2.45, 2.75) is 29.4 Å².